The zero-order valence-corrected chi connectivity index (χ0v) is 12.1. The molecular weight excluding hydrogens is 333 g/mol. The molecule has 0 saturated heterocycles. The van der Waals surface area contributed by atoms with Gasteiger partial charge in [0.1, 0.15) is 5.82 Å². The van der Waals surface area contributed by atoms with Gasteiger partial charge >= 0.3 is 0 Å². The SMILES string of the molecule is Nc1ccc(Br)cc1C(=O)Cc1ccc(Cl)c(F)c1. The number of nitrogen functional groups attached to an aromatic ring is 1. The van der Waals surface area contributed by atoms with E-state index in [1.807, 2.05) is 0 Å². The lowest BCUT2D eigenvalue weighted by atomic mass is 10.0. The van der Waals surface area contributed by atoms with Crippen LogP contribution in [0.1, 0.15) is 15.9 Å². The molecule has 0 amide bonds. The standard InChI is InChI=1S/C14H10BrClFNO/c15-9-2-4-13(18)10(7-9)14(19)6-8-1-3-11(16)12(17)5-8/h1-5,7H,6,18H2. The van der Waals surface area contributed by atoms with E-state index in [1.54, 1.807) is 24.3 Å². The van der Waals surface area contributed by atoms with Crippen LogP contribution in [0.15, 0.2) is 40.9 Å². The minimum atomic E-state index is -0.533. The highest BCUT2D eigenvalue weighted by molar-refractivity contribution is 9.10. The van der Waals surface area contributed by atoms with Crippen molar-refractivity contribution in [2.24, 2.45) is 0 Å². The highest BCUT2D eigenvalue weighted by Gasteiger charge is 2.12. The van der Waals surface area contributed by atoms with Gasteiger partial charge in [0.05, 0.1) is 5.02 Å². The molecule has 2 rings (SSSR count). The summed E-state index contributed by atoms with van der Waals surface area (Å²) in [6.45, 7) is 0. The maximum atomic E-state index is 13.3. The summed E-state index contributed by atoms with van der Waals surface area (Å²) in [4.78, 5) is 12.1. The fraction of sp³-hybridized carbons (Fsp3) is 0.0714. The molecule has 2 N–H and O–H groups in total. The average Bonchev–Trinajstić information content (AvgIpc) is 2.36. The zero-order chi connectivity index (χ0) is 14.0. The number of rotatable bonds is 3. The first-order chi connectivity index (χ1) is 8.97. The van der Waals surface area contributed by atoms with Gasteiger partial charge in [-0.2, -0.15) is 0 Å². The Balaban J connectivity index is 2.25. The van der Waals surface area contributed by atoms with Crippen LogP contribution >= 0.6 is 27.5 Å². The van der Waals surface area contributed by atoms with Gasteiger partial charge in [-0.1, -0.05) is 33.6 Å². The Kier molecular flexibility index (Phi) is 4.22. The highest BCUT2D eigenvalue weighted by Crippen LogP contribution is 2.21. The minimum Gasteiger partial charge on any atom is -0.398 e. The van der Waals surface area contributed by atoms with Crippen molar-refractivity contribution < 1.29 is 9.18 Å². The Labute approximate surface area is 123 Å². The second-order valence-corrected chi connectivity index (χ2v) is 5.40. The molecule has 0 bridgehead atoms. The molecule has 0 heterocycles. The number of benzene rings is 2. The summed E-state index contributed by atoms with van der Waals surface area (Å²) in [7, 11) is 0. The van der Waals surface area contributed by atoms with Crippen LogP contribution in [-0.4, -0.2) is 5.78 Å². The van der Waals surface area contributed by atoms with Crippen LogP contribution in [-0.2, 0) is 6.42 Å². The molecule has 0 radical (unpaired) electrons. The van der Waals surface area contributed by atoms with Crippen molar-refractivity contribution in [1.82, 2.24) is 0 Å². The fourth-order valence-corrected chi connectivity index (χ4v) is 2.18. The van der Waals surface area contributed by atoms with Crippen LogP contribution in [0.5, 0.6) is 0 Å². The molecule has 0 saturated carbocycles. The average molecular weight is 343 g/mol. The van der Waals surface area contributed by atoms with Crippen LogP contribution in [0.2, 0.25) is 5.02 Å². The van der Waals surface area contributed by atoms with E-state index in [0.717, 1.165) is 4.47 Å². The van der Waals surface area contributed by atoms with Crippen LogP contribution < -0.4 is 5.73 Å². The van der Waals surface area contributed by atoms with Crippen LogP contribution in [0.4, 0.5) is 10.1 Å². The van der Waals surface area contributed by atoms with E-state index in [9.17, 15) is 9.18 Å². The van der Waals surface area contributed by atoms with Crippen molar-refractivity contribution >= 4 is 39.0 Å². The predicted octanol–water partition coefficient (Wildman–Crippen LogP) is 4.25. The van der Waals surface area contributed by atoms with Crippen molar-refractivity contribution in [1.29, 1.82) is 0 Å². The van der Waals surface area contributed by atoms with Gasteiger partial charge in [-0.15, -0.1) is 0 Å². The van der Waals surface area contributed by atoms with Gasteiger partial charge in [0.25, 0.3) is 0 Å². The van der Waals surface area contributed by atoms with Crippen molar-refractivity contribution in [2.75, 3.05) is 5.73 Å². The number of halogens is 3. The molecule has 2 aromatic carbocycles. The first-order valence-corrected chi connectivity index (χ1v) is 6.66. The largest absolute Gasteiger partial charge is 0.398 e. The van der Waals surface area contributed by atoms with Gasteiger partial charge in [0.2, 0.25) is 0 Å². The number of hydrogen-bond acceptors (Lipinski definition) is 2. The van der Waals surface area contributed by atoms with Crippen LogP contribution in [0, 0.1) is 5.82 Å². The molecule has 0 fully saturated rings. The van der Waals surface area contributed by atoms with E-state index in [1.165, 1.54) is 12.1 Å². The van der Waals surface area contributed by atoms with Gasteiger partial charge in [-0.3, -0.25) is 4.79 Å². The maximum absolute atomic E-state index is 13.3. The summed E-state index contributed by atoms with van der Waals surface area (Å²) in [5.41, 5.74) is 7.15. The first kappa shape index (κ1) is 14.0. The smallest absolute Gasteiger partial charge is 0.169 e. The Morgan fingerprint density at radius 3 is 2.68 bits per heavy atom. The molecule has 0 unspecified atom stereocenters. The van der Waals surface area contributed by atoms with E-state index in [0.29, 0.717) is 16.8 Å². The topological polar surface area (TPSA) is 43.1 Å². The molecule has 5 heteroatoms. The van der Waals surface area contributed by atoms with E-state index < -0.39 is 5.82 Å². The van der Waals surface area contributed by atoms with Gasteiger partial charge in [0, 0.05) is 22.1 Å². The van der Waals surface area contributed by atoms with Gasteiger partial charge in [-0.05, 0) is 35.9 Å². The number of ketones is 1. The Hall–Kier alpha value is -1.39. The van der Waals surface area contributed by atoms with Crippen LogP contribution in [0.3, 0.4) is 0 Å². The number of anilines is 1. The minimum absolute atomic E-state index is 0.0400. The molecule has 98 valence electrons. The van der Waals surface area contributed by atoms with Gasteiger partial charge in [-0.25, -0.2) is 4.39 Å². The van der Waals surface area contributed by atoms with E-state index in [2.05, 4.69) is 15.9 Å². The number of Topliss-reactive ketones (excluding diaryl/α,β-unsaturated/α-hetero) is 1. The zero-order valence-electron chi connectivity index (χ0n) is 9.79. The maximum Gasteiger partial charge on any atom is 0.169 e. The summed E-state index contributed by atoms with van der Waals surface area (Å²) in [5.74, 6) is -0.699. The molecular formula is C14H10BrClFNO. The van der Waals surface area contributed by atoms with Crippen LogP contribution in [0.25, 0.3) is 0 Å². The Morgan fingerprint density at radius 2 is 2.00 bits per heavy atom. The fourth-order valence-electron chi connectivity index (χ4n) is 1.70. The number of carbonyl (C=O) groups is 1. The lowest BCUT2D eigenvalue weighted by Crippen LogP contribution is -2.07. The van der Waals surface area contributed by atoms with E-state index in [4.69, 9.17) is 17.3 Å². The molecule has 2 nitrogen and oxygen atoms in total. The molecule has 0 aliphatic carbocycles. The number of hydrogen-bond donors (Lipinski definition) is 1. The Bertz CT molecular complexity index is 645. The predicted molar refractivity (Wildman–Crippen MR) is 78.0 cm³/mol. The molecule has 0 aliphatic heterocycles. The summed E-state index contributed by atoms with van der Waals surface area (Å²) in [5, 5.41) is 0.0400. The summed E-state index contributed by atoms with van der Waals surface area (Å²) < 4.78 is 14.1. The number of nitrogens with two attached hydrogens (primary N) is 1. The van der Waals surface area contributed by atoms with Crippen molar-refractivity contribution in [3.8, 4) is 0 Å². The third kappa shape index (κ3) is 3.33. The van der Waals surface area contributed by atoms with Gasteiger partial charge < -0.3 is 5.73 Å². The van der Waals surface area contributed by atoms with E-state index >= 15 is 0 Å². The summed E-state index contributed by atoms with van der Waals surface area (Å²) in [6.07, 6.45) is 0.0781. The van der Waals surface area contributed by atoms with Gasteiger partial charge in [0.15, 0.2) is 5.78 Å². The lowest BCUT2D eigenvalue weighted by Gasteiger charge is -2.06. The molecule has 0 spiro atoms. The summed E-state index contributed by atoms with van der Waals surface area (Å²) >= 11 is 8.88. The normalized spacial score (nSPS) is 10.5. The third-order valence-electron chi connectivity index (χ3n) is 2.66. The second-order valence-electron chi connectivity index (χ2n) is 4.08. The molecule has 2 aromatic rings. The number of carbonyl (C=O) groups excluding carboxylic acids is 1. The van der Waals surface area contributed by atoms with Crippen molar-refractivity contribution in [3.63, 3.8) is 0 Å². The molecule has 0 aliphatic rings. The molecule has 19 heavy (non-hydrogen) atoms. The molecule has 0 atom stereocenters. The lowest BCUT2D eigenvalue weighted by molar-refractivity contribution is 0.0993. The quantitative estimate of drug-likeness (QED) is 0.669. The Morgan fingerprint density at radius 1 is 1.26 bits per heavy atom. The third-order valence-corrected chi connectivity index (χ3v) is 3.46. The summed E-state index contributed by atoms with van der Waals surface area (Å²) in [6, 6.07) is 9.38. The van der Waals surface area contributed by atoms with E-state index in [-0.39, 0.29) is 17.2 Å². The monoisotopic (exact) mass is 341 g/mol. The second kappa shape index (κ2) is 5.72. The molecule has 0 aromatic heterocycles. The first-order valence-electron chi connectivity index (χ1n) is 5.49. The van der Waals surface area contributed by atoms with Crippen molar-refractivity contribution in [3.05, 3.63) is 62.8 Å². The van der Waals surface area contributed by atoms with Crippen molar-refractivity contribution in [2.45, 2.75) is 6.42 Å². The highest BCUT2D eigenvalue weighted by atomic mass is 79.9.